The minimum absolute atomic E-state index is 0.181. The van der Waals surface area contributed by atoms with E-state index >= 15 is 0 Å². The topological polar surface area (TPSA) is 63.9 Å². The van der Waals surface area contributed by atoms with Crippen LogP contribution in [0.4, 0.5) is 0 Å². The van der Waals surface area contributed by atoms with Crippen LogP contribution in [0.5, 0.6) is 0 Å². The maximum atomic E-state index is 13.2. The van der Waals surface area contributed by atoms with Crippen LogP contribution in [0.1, 0.15) is 51.5 Å². The molecule has 1 saturated carbocycles. The summed E-state index contributed by atoms with van der Waals surface area (Å²) >= 11 is 1.47. The minimum Gasteiger partial charge on any atom is -0.342 e. The summed E-state index contributed by atoms with van der Waals surface area (Å²) < 4.78 is 1.72. The number of aromatic nitrogens is 4. The molecular formula is C20H29N5OS. The van der Waals surface area contributed by atoms with Crippen LogP contribution in [0, 0.1) is 12.8 Å². The summed E-state index contributed by atoms with van der Waals surface area (Å²) in [6.07, 6.45) is 5.94. The summed E-state index contributed by atoms with van der Waals surface area (Å²) in [5, 5.41) is 12.6. The Bertz CT molecular complexity index is 752. The molecule has 0 radical (unpaired) electrons. The van der Waals surface area contributed by atoms with Crippen LogP contribution >= 0.6 is 11.8 Å². The molecule has 6 nitrogen and oxygen atoms in total. The molecule has 7 heteroatoms. The molecule has 1 amide bonds. The van der Waals surface area contributed by atoms with Crippen molar-refractivity contribution >= 4 is 17.7 Å². The van der Waals surface area contributed by atoms with Crippen molar-refractivity contribution in [2.45, 2.75) is 69.3 Å². The lowest BCUT2D eigenvalue weighted by Gasteiger charge is -2.34. The second-order valence-corrected chi connectivity index (χ2v) is 8.84. The summed E-state index contributed by atoms with van der Waals surface area (Å²) in [6.45, 7) is 6.22. The summed E-state index contributed by atoms with van der Waals surface area (Å²) in [5.41, 5.74) is 2.09. The van der Waals surface area contributed by atoms with Crippen molar-refractivity contribution in [3.63, 3.8) is 0 Å². The molecular weight excluding hydrogens is 358 g/mol. The van der Waals surface area contributed by atoms with E-state index in [2.05, 4.69) is 29.4 Å². The van der Waals surface area contributed by atoms with Gasteiger partial charge in [0.25, 0.3) is 0 Å². The maximum Gasteiger partial charge on any atom is 0.236 e. The summed E-state index contributed by atoms with van der Waals surface area (Å²) in [4.78, 5) is 15.2. The van der Waals surface area contributed by atoms with Gasteiger partial charge in [-0.25, -0.2) is 0 Å². The molecule has 0 bridgehead atoms. The Kier molecular flexibility index (Phi) is 6.52. The van der Waals surface area contributed by atoms with Gasteiger partial charge in [-0.1, -0.05) is 62.6 Å². The molecule has 0 saturated heterocycles. The fourth-order valence-electron chi connectivity index (χ4n) is 3.53. The Labute approximate surface area is 165 Å². The summed E-state index contributed by atoms with van der Waals surface area (Å²) in [6, 6.07) is 8.42. The van der Waals surface area contributed by atoms with Crippen molar-refractivity contribution in [3.05, 3.63) is 29.8 Å². The van der Waals surface area contributed by atoms with Crippen LogP contribution in [0.25, 0.3) is 5.69 Å². The van der Waals surface area contributed by atoms with Gasteiger partial charge in [-0.2, -0.15) is 4.68 Å². The lowest BCUT2D eigenvalue weighted by Crippen LogP contribution is -2.44. The fraction of sp³-hybridized carbons (Fsp3) is 0.600. The van der Waals surface area contributed by atoms with E-state index in [1.807, 2.05) is 43.1 Å². The number of carbonyl (C=O) groups excluding carboxylic acids is 1. The number of nitrogens with zero attached hydrogens (tertiary/aromatic N) is 5. The van der Waals surface area contributed by atoms with Gasteiger partial charge in [0.1, 0.15) is 0 Å². The first-order valence-electron chi connectivity index (χ1n) is 9.76. The highest BCUT2D eigenvalue weighted by atomic mass is 32.2. The molecule has 1 heterocycles. The van der Waals surface area contributed by atoms with E-state index in [9.17, 15) is 4.79 Å². The molecule has 3 rings (SSSR count). The van der Waals surface area contributed by atoms with E-state index in [0.717, 1.165) is 18.5 Å². The SMILES string of the molecule is Cc1ccc(-n2nnnc2S[C@H](C(=O)N(C)C2CCCCC2)C(C)C)cc1. The zero-order valence-electron chi connectivity index (χ0n) is 16.6. The van der Waals surface area contributed by atoms with Crippen molar-refractivity contribution in [2.24, 2.45) is 5.92 Å². The predicted octanol–water partition coefficient (Wildman–Crippen LogP) is 3.88. The third-order valence-corrected chi connectivity index (χ3v) is 6.74. The van der Waals surface area contributed by atoms with Gasteiger partial charge in [-0.3, -0.25) is 4.79 Å². The molecule has 27 heavy (non-hydrogen) atoms. The zero-order valence-corrected chi connectivity index (χ0v) is 17.4. The second kappa shape index (κ2) is 8.87. The molecule has 0 unspecified atom stereocenters. The standard InChI is InChI=1S/C20H29N5OS/c1-14(2)18(19(26)24(4)16-8-6-5-7-9-16)27-20-21-22-23-25(20)17-12-10-15(3)11-13-17/h10-14,16,18H,5-9H2,1-4H3/t18-/m0/s1. The molecule has 1 aromatic heterocycles. The van der Waals surface area contributed by atoms with Crippen molar-refractivity contribution in [3.8, 4) is 5.69 Å². The number of thioether (sulfide) groups is 1. The molecule has 0 N–H and O–H groups in total. The minimum atomic E-state index is -0.202. The largest absolute Gasteiger partial charge is 0.342 e. The average molecular weight is 388 g/mol. The lowest BCUT2D eigenvalue weighted by molar-refractivity contribution is -0.132. The smallest absolute Gasteiger partial charge is 0.236 e. The zero-order chi connectivity index (χ0) is 19.4. The third kappa shape index (κ3) is 4.69. The van der Waals surface area contributed by atoms with Crippen LogP contribution in [-0.4, -0.2) is 49.4 Å². The lowest BCUT2D eigenvalue weighted by atomic mass is 9.94. The van der Waals surface area contributed by atoms with Crippen molar-refractivity contribution in [2.75, 3.05) is 7.05 Å². The van der Waals surface area contributed by atoms with E-state index in [-0.39, 0.29) is 17.1 Å². The van der Waals surface area contributed by atoms with Gasteiger partial charge in [-0.05, 0) is 48.2 Å². The average Bonchev–Trinajstić information content (AvgIpc) is 3.14. The van der Waals surface area contributed by atoms with Gasteiger partial charge < -0.3 is 4.90 Å². The highest BCUT2D eigenvalue weighted by Gasteiger charge is 2.32. The number of benzene rings is 1. The number of rotatable bonds is 6. The summed E-state index contributed by atoms with van der Waals surface area (Å²) in [5.74, 6) is 0.372. The molecule has 1 aliphatic carbocycles. The first kappa shape index (κ1) is 19.9. The number of amides is 1. The fourth-order valence-corrected chi connectivity index (χ4v) is 4.63. The van der Waals surface area contributed by atoms with Crippen molar-refractivity contribution in [1.29, 1.82) is 0 Å². The van der Waals surface area contributed by atoms with Gasteiger partial charge in [0, 0.05) is 13.1 Å². The second-order valence-electron chi connectivity index (χ2n) is 7.73. The van der Waals surface area contributed by atoms with Gasteiger partial charge in [0.2, 0.25) is 11.1 Å². The number of tetrazole rings is 1. The van der Waals surface area contributed by atoms with Crippen LogP contribution in [0.3, 0.4) is 0 Å². The van der Waals surface area contributed by atoms with E-state index < -0.39 is 0 Å². The molecule has 1 atom stereocenters. The first-order valence-corrected chi connectivity index (χ1v) is 10.6. The number of aryl methyl sites for hydroxylation is 1. The van der Waals surface area contributed by atoms with Crippen LogP contribution in [-0.2, 0) is 4.79 Å². The summed E-state index contributed by atoms with van der Waals surface area (Å²) in [7, 11) is 1.96. The van der Waals surface area contributed by atoms with Crippen molar-refractivity contribution in [1.82, 2.24) is 25.1 Å². The quantitative estimate of drug-likeness (QED) is 0.704. The Hall–Kier alpha value is -1.89. The van der Waals surface area contributed by atoms with Crippen LogP contribution in [0.2, 0.25) is 0 Å². The predicted molar refractivity (Wildman–Crippen MR) is 108 cm³/mol. The highest BCUT2D eigenvalue weighted by molar-refractivity contribution is 8.00. The Morgan fingerprint density at radius 1 is 1.19 bits per heavy atom. The third-order valence-electron chi connectivity index (χ3n) is 5.27. The number of hydrogen-bond acceptors (Lipinski definition) is 5. The molecule has 146 valence electrons. The Balaban J connectivity index is 1.78. The van der Waals surface area contributed by atoms with Gasteiger partial charge in [0.15, 0.2) is 0 Å². The van der Waals surface area contributed by atoms with Crippen molar-refractivity contribution < 1.29 is 4.79 Å². The first-order chi connectivity index (χ1) is 13.0. The van der Waals surface area contributed by atoms with E-state index in [4.69, 9.17) is 0 Å². The molecule has 1 aromatic carbocycles. The monoisotopic (exact) mass is 387 g/mol. The molecule has 0 aliphatic heterocycles. The van der Waals surface area contributed by atoms with Crippen LogP contribution in [0.15, 0.2) is 29.4 Å². The van der Waals surface area contributed by atoms with E-state index in [1.54, 1.807) is 4.68 Å². The van der Waals surface area contributed by atoms with Gasteiger partial charge >= 0.3 is 0 Å². The molecule has 1 aliphatic rings. The Morgan fingerprint density at radius 2 is 1.85 bits per heavy atom. The number of hydrogen-bond donors (Lipinski definition) is 0. The van der Waals surface area contributed by atoms with Crippen LogP contribution < -0.4 is 0 Å². The molecule has 2 aromatic rings. The highest BCUT2D eigenvalue weighted by Crippen LogP contribution is 2.31. The normalized spacial score (nSPS) is 16.5. The molecule has 1 fully saturated rings. The van der Waals surface area contributed by atoms with E-state index in [1.165, 1.54) is 36.6 Å². The van der Waals surface area contributed by atoms with Gasteiger partial charge in [0.05, 0.1) is 10.9 Å². The number of carbonyl (C=O) groups is 1. The van der Waals surface area contributed by atoms with E-state index in [0.29, 0.717) is 11.2 Å². The molecule has 0 spiro atoms. The Morgan fingerprint density at radius 3 is 2.48 bits per heavy atom. The maximum absolute atomic E-state index is 13.2. The van der Waals surface area contributed by atoms with Gasteiger partial charge in [-0.15, -0.1) is 5.10 Å².